The average Bonchev–Trinajstić information content (AvgIpc) is 3.35. The lowest BCUT2D eigenvalue weighted by Gasteiger charge is -2.11. The normalized spacial score (nSPS) is 10.9. The molecule has 2 aromatic carbocycles. The molecule has 2 aromatic heterocycles. The number of rotatable bonds is 6. The Morgan fingerprint density at radius 1 is 0.900 bits per heavy atom. The van der Waals surface area contributed by atoms with Gasteiger partial charge >= 0.3 is 0 Å². The molecule has 4 aromatic rings. The number of thioether (sulfide) groups is 1. The number of hydrogen-bond donors (Lipinski definition) is 0. The third kappa shape index (κ3) is 3.89. The molecule has 0 amide bonds. The van der Waals surface area contributed by atoms with E-state index in [0.29, 0.717) is 5.56 Å². The monoisotopic (exact) mass is 413 g/mol. The molecule has 0 saturated heterocycles. The SMILES string of the molecule is CCn1c(SCc2ccc(C#N)cc2)nnc1-c1ccc(-n2c(C)ccc2C)cc1. The highest BCUT2D eigenvalue weighted by Gasteiger charge is 2.14. The fraction of sp³-hybridized carbons (Fsp3) is 0.208. The van der Waals surface area contributed by atoms with E-state index in [1.807, 2.05) is 24.3 Å². The van der Waals surface area contributed by atoms with Gasteiger partial charge in [0.2, 0.25) is 0 Å². The predicted octanol–water partition coefficient (Wildman–Crippen LogP) is 5.54. The van der Waals surface area contributed by atoms with Crippen molar-refractivity contribution in [3.63, 3.8) is 0 Å². The van der Waals surface area contributed by atoms with E-state index in [2.05, 4.69) is 82.6 Å². The zero-order valence-electron chi connectivity index (χ0n) is 17.3. The van der Waals surface area contributed by atoms with Gasteiger partial charge in [-0.1, -0.05) is 23.9 Å². The van der Waals surface area contributed by atoms with Crippen molar-refractivity contribution in [2.45, 2.75) is 38.2 Å². The van der Waals surface area contributed by atoms with Gasteiger partial charge in [0.15, 0.2) is 11.0 Å². The highest BCUT2D eigenvalue weighted by molar-refractivity contribution is 7.98. The first-order chi connectivity index (χ1) is 14.6. The summed E-state index contributed by atoms with van der Waals surface area (Å²) < 4.78 is 4.39. The van der Waals surface area contributed by atoms with Crippen LogP contribution in [0.2, 0.25) is 0 Å². The van der Waals surface area contributed by atoms with Crippen molar-refractivity contribution >= 4 is 11.8 Å². The minimum absolute atomic E-state index is 0.677. The minimum atomic E-state index is 0.677. The highest BCUT2D eigenvalue weighted by atomic mass is 32.2. The van der Waals surface area contributed by atoms with Gasteiger partial charge in [-0.2, -0.15) is 5.26 Å². The van der Waals surface area contributed by atoms with E-state index < -0.39 is 0 Å². The first-order valence-corrected chi connectivity index (χ1v) is 10.9. The summed E-state index contributed by atoms with van der Waals surface area (Å²) in [5.74, 6) is 1.67. The van der Waals surface area contributed by atoms with Crippen molar-refractivity contribution in [1.29, 1.82) is 5.26 Å². The van der Waals surface area contributed by atoms with E-state index in [4.69, 9.17) is 5.26 Å². The van der Waals surface area contributed by atoms with Gasteiger partial charge in [0.05, 0.1) is 11.6 Å². The van der Waals surface area contributed by atoms with E-state index in [-0.39, 0.29) is 0 Å². The second kappa shape index (κ2) is 8.60. The van der Waals surface area contributed by atoms with Crippen molar-refractivity contribution in [3.05, 3.63) is 83.2 Å². The number of aryl methyl sites for hydroxylation is 2. The Bertz CT molecular complexity index is 1170. The smallest absolute Gasteiger partial charge is 0.191 e. The van der Waals surface area contributed by atoms with E-state index in [0.717, 1.165) is 40.1 Å². The largest absolute Gasteiger partial charge is 0.319 e. The molecule has 0 bridgehead atoms. The summed E-state index contributed by atoms with van der Waals surface area (Å²) >= 11 is 1.66. The standard InChI is InChI=1S/C24H23N5S/c1-4-28-23(21-11-13-22(14-12-21)29-17(2)5-6-18(29)3)26-27-24(28)30-16-20-9-7-19(15-25)8-10-20/h5-14H,4,16H2,1-3H3. The molecule has 5 nitrogen and oxygen atoms in total. The molecule has 6 heteroatoms. The molecule has 0 saturated carbocycles. The maximum atomic E-state index is 8.94. The van der Waals surface area contributed by atoms with E-state index in [1.54, 1.807) is 11.8 Å². The zero-order valence-corrected chi connectivity index (χ0v) is 18.1. The van der Waals surface area contributed by atoms with Crippen LogP contribution in [0.1, 0.15) is 29.4 Å². The molecule has 4 rings (SSSR count). The van der Waals surface area contributed by atoms with E-state index >= 15 is 0 Å². The Morgan fingerprint density at radius 3 is 2.17 bits per heavy atom. The van der Waals surface area contributed by atoms with Crippen LogP contribution in [0, 0.1) is 25.2 Å². The Hall–Kier alpha value is -3.30. The highest BCUT2D eigenvalue weighted by Crippen LogP contribution is 2.27. The summed E-state index contributed by atoms with van der Waals surface area (Å²) in [4.78, 5) is 0. The van der Waals surface area contributed by atoms with Crippen molar-refractivity contribution in [3.8, 4) is 23.1 Å². The second-order valence-corrected chi connectivity index (χ2v) is 8.09. The van der Waals surface area contributed by atoms with Crippen molar-refractivity contribution in [2.24, 2.45) is 0 Å². The maximum Gasteiger partial charge on any atom is 0.191 e. The molecule has 0 aliphatic rings. The third-order valence-electron chi connectivity index (χ3n) is 5.14. The van der Waals surface area contributed by atoms with Gasteiger partial charge in [0, 0.05) is 34.9 Å². The van der Waals surface area contributed by atoms with Gasteiger partial charge < -0.3 is 9.13 Å². The Balaban J connectivity index is 1.55. The van der Waals surface area contributed by atoms with Crippen LogP contribution in [-0.2, 0) is 12.3 Å². The van der Waals surface area contributed by atoms with Gasteiger partial charge in [0.1, 0.15) is 0 Å². The number of nitrogens with zero attached hydrogens (tertiary/aromatic N) is 5. The van der Waals surface area contributed by atoms with Gasteiger partial charge in [0.25, 0.3) is 0 Å². The number of aromatic nitrogens is 4. The van der Waals surface area contributed by atoms with Gasteiger partial charge in [-0.15, -0.1) is 10.2 Å². The lowest BCUT2D eigenvalue weighted by molar-refractivity contribution is 0.687. The van der Waals surface area contributed by atoms with E-state index in [9.17, 15) is 0 Å². The zero-order chi connectivity index (χ0) is 21.1. The van der Waals surface area contributed by atoms with Crippen LogP contribution in [-0.4, -0.2) is 19.3 Å². The number of nitriles is 1. The topological polar surface area (TPSA) is 59.4 Å². The molecule has 0 radical (unpaired) electrons. The third-order valence-corrected chi connectivity index (χ3v) is 6.18. The summed E-state index contributed by atoms with van der Waals surface area (Å²) in [6, 6.07) is 22.6. The van der Waals surface area contributed by atoms with Crippen LogP contribution in [0.15, 0.2) is 65.8 Å². The molecule has 0 N–H and O–H groups in total. The van der Waals surface area contributed by atoms with Crippen LogP contribution < -0.4 is 0 Å². The van der Waals surface area contributed by atoms with Crippen molar-refractivity contribution in [1.82, 2.24) is 19.3 Å². The van der Waals surface area contributed by atoms with Crippen LogP contribution >= 0.6 is 11.8 Å². The molecular formula is C24H23N5S. The Labute approximate surface area is 181 Å². The van der Waals surface area contributed by atoms with Gasteiger partial charge in [-0.25, -0.2) is 0 Å². The van der Waals surface area contributed by atoms with Crippen LogP contribution in [0.25, 0.3) is 17.1 Å². The van der Waals surface area contributed by atoms with Crippen LogP contribution in [0.5, 0.6) is 0 Å². The molecule has 0 fully saturated rings. The maximum absolute atomic E-state index is 8.94. The quantitative estimate of drug-likeness (QED) is 0.390. The summed E-state index contributed by atoms with van der Waals surface area (Å²) in [5.41, 5.74) is 6.49. The van der Waals surface area contributed by atoms with Crippen molar-refractivity contribution in [2.75, 3.05) is 0 Å². The van der Waals surface area contributed by atoms with Gasteiger partial charge in [-0.05, 0) is 74.9 Å². The average molecular weight is 414 g/mol. The molecule has 30 heavy (non-hydrogen) atoms. The fourth-order valence-corrected chi connectivity index (χ4v) is 4.51. The first-order valence-electron chi connectivity index (χ1n) is 9.91. The predicted molar refractivity (Wildman–Crippen MR) is 121 cm³/mol. The minimum Gasteiger partial charge on any atom is -0.319 e. The van der Waals surface area contributed by atoms with Crippen molar-refractivity contribution < 1.29 is 0 Å². The second-order valence-electron chi connectivity index (χ2n) is 7.15. The molecule has 0 aliphatic carbocycles. The molecule has 2 heterocycles. The van der Waals surface area contributed by atoms with Gasteiger partial charge in [-0.3, -0.25) is 0 Å². The van der Waals surface area contributed by atoms with Crippen LogP contribution in [0.3, 0.4) is 0 Å². The number of hydrogen-bond acceptors (Lipinski definition) is 4. The molecule has 150 valence electrons. The number of benzene rings is 2. The lowest BCUT2D eigenvalue weighted by atomic mass is 10.2. The fourth-order valence-electron chi connectivity index (χ4n) is 3.55. The van der Waals surface area contributed by atoms with Crippen LogP contribution in [0.4, 0.5) is 0 Å². The Kier molecular flexibility index (Phi) is 5.73. The van der Waals surface area contributed by atoms with E-state index in [1.165, 1.54) is 11.4 Å². The summed E-state index contributed by atoms with van der Waals surface area (Å²) in [6.45, 7) is 7.15. The Morgan fingerprint density at radius 2 is 1.57 bits per heavy atom. The first kappa shape index (κ1) is 20.0. The summed E-state index contributed by atoms with van der Waals surface area (Å²) in [5, 5.41) is 18.7. The summed E-state index contributed by atoms with van der Waals surface area (Å²) in [6.07, 6.45) is 0. The molecular weight excluding hydrogens is 390 g/mol. The molecule has 0 aliphatic heterocycles. The molecule has 0 spiro atoms. The lowest BCUT2D eigenvalue weighted by Crippen LogP contribution is -2.01. The molecule has 0 atom stereocenters. The molecule has 0 unspecified atom stereocenters. The summed E-state index contributed by atoms with van der Waals surface area (Å²) in [7, 11) is 0.